The summed E-state index contributed by atoms with van der Waals surface area (Å²) in [6.45, 7) is 8.81. The Bertz CT molecular complexity index is 1130. The molecule has 0 aliphatic heterocycles. The monoisotopic (exact) mass is 392 g/mol. The molecule has 2 aromatic carbocycles. The number of aromatic nitrogens is 2. The van der Waals surface area contributed by atoms with Crippen LogP contribution in [0.15, 0.2) is 85.2 Å². The van der Waals surface area contributed by atoms with Crippen LogP contribution in [0.3, 0.4) is 0 Å². The predicted molar refractivity (Wildman–Crippen MR) is 127 cm³/mol. The summed E-state index contributed by atoms with van der Waals surface area (Å²) >= 11 is 0. The van der Waals surface area contributed by atoms with E-state index < -0.39 is 0 Å². The van der Waals surface area contributed by atoms with E-state index in [9.17, 15) is 0 Å². The van der Waals surface area contributed by atoms with E-state index in [4.69, 9.17) is 4.98 Å². The molecule has 0 spiro atoms. The lowest BCUT2D eigenvalue weighted by Crippen LogP contribution is -1.98. The van der Waals surface area contributed by atoms with E-state index in [0.29, 0.717) is 11.8 Å². The van der Waals surface area contributed by atoms with Gasteiger partial charge in [-0.25, -0.2) is 0 Å². The van der Waals surface area contributed by atoms with Crippen molar-refractivity contribution in [3.8, 4) is 33.5 Å². The number of hydrogen-bond donors (Lipinski definition) is 0. The lowest BCUT2D eigenvalue weighted by atomic mass is 9.93. The minimum atomic E-state index is 0.371. The van der Waals surface area contributed by atoms with Gasteiger partial charge in [-0.3, -0.25) is 9.97 Å². The van der Waals surface area contributed by atoms with E-state index in [1.807, 2.05) is 18.5 Å². The lowest BCUT2D eigenvalue weighted by molar-refractivity contribution is 0.826. The highest BCUT2D eigenvalue weighted by Crippen LogP contribution is 2.33. The molecular weight excluding hydrogens is 364 g/mol. The van der Waals surface area contributed by atoms with Crippen molar-refractivity contribution < 1.29 is 0 Å². The van der Waals surface area contributed by atoms with Crippen LogP contribution < -0.4 is 0 Å². The minimum absolute atomic E-state index is 0.371. The predicted octanol–water partition coefficient (Wildman–Crippen LogP) is 7.72. The fourth-order valence-corrected chi connectivity index (χ4v) is 3.89. The van der Waals surface area contributed by atoms with Crippen LogP contribution in [-0.2, 0) is 0 Å². The molecule has 0 aliphatic carbocycles. The van der Waals surface area contributed by atoms with E-state index in [2.05, 4.69) is 99.4 Å². The molecule has 0 radical (unpaired) electrons. The summed E-state index contributed by atoms with van der Waals surface area (Å²) in [5, 5.41) is 0. The Morgan fingerprint density at radius 1 is 0.600 bits per heavy atom. The van der Waals surface area contributed by atoms with E-state index >= 15 is 0 Å². The van der Waals surface area contributed by atoms with Gasteiger partial charge in [0, 0.05) is 29.1 Å². The van der Waals surface area contributed by atoms with Gasteiger partial charge in [0.1, 0.15) is 0 Å². The fourth-order valence-electron chi connectivity index (χ4n) is 3.89. The molecule has 4 aromatic rings. The third-order valence-corrected chi connectivity index (χ3v) is 5.50. The number of hydrogen-bond acceptors (Lipinski definition) is 2. The standard InChI is InChI=1S/C28H28N2/c1-19(2)25-11-8-16-29-28(25)23-14-12-21(13-15-23)24-17-26(22-9-6-5-7-10-22)27(20(3)4)30-18-24/h5-20H,1-4H3. The molecule has 0 amide bonds. The molecule has 30 heavy (non-hydrogen) atoms. The van der Waals surface area contributed by atoms with Gasteiger partial charge in [0.25, 0.3) is 0 Å². The Balaban J connectivity index is 1.74. The molecule has 0 saturated heterocycles. The molecule has 0 N–H and O–H groups in total. The Labute approximate surface area is 179 Å². The van der Waals surface area contributed by atoms with Crippen molar-refractivity contribution in [2.75, 3.05) is 0 Å². The van der Waals surface area contributed by atoms with Crippen LogP contribution in [0.25, 0.3) is 33.5 Å². The molecule has 4 rings (SSSR count). The second-order valence-electron chi connectivity index (χ2n) is 8.35. The summed E-state index contributed by atoms with van der Waals surface area (Å²) in [6.07, 6.45) is 3.87. The molecule has 0 aliphatic rings. The van der Waals surface area contributed by atoms with Crippen molar-refractivity contribution in [2.24, 2.45) is 0 Å². The van der Waals surface area contributed by atoms with Crippen molar-refractivity contribution in [1.82, 2.24) is 9.97 Å². The highest BCUT2D eigenvalue weighted by Gasteiger charge is 2.13. The molecule has 0 unspecified atom stereocenters. The topological polar surface area (TPSA) is 25.8 Å². The van der Waals surface area contributed by atoms with Crippen LogP contribution in [0.2, 0.25) is 0 Å². The van der Waals surface area contributed by atoms with Crippen LogP contribution in [0, 0.1) is 0 Å². The van der Waals surface area contributed by atoms with Gasteiger partial charge in [0.2, 0.25) is 0 Å². The first-order chi connectivity index (χ1) is 14.5. The number of pyridine rings is 2. The number of nitrogens with zero attached hydrogens (tertiary/aromatic N) is 2. The van der Waals surface area contributed by atoms with Gasteiger partial charge in [-0.15, -0.1) is 0 Å². The summed E-state index contributed by atoms with van der Waals surface area (Å²) in [5.74, 6) is 0.810. The van der Waals surface area contributed by atoms with Gasteiger partial charge >= 0.3 is 0 Å². The molecule has 2 heterocycles. The third kappa shape index (κ3) is 4.04. The molecular formula is C28H28N2. The third-order valence-electron chi connectivity index (χ3n) is 5.50. The van der Waals surface area contributed by atoms with Crippen molar-refractivity contribution in [1.29, 1.82) is 0 Å². The van der Waals surface area contributed by atoms with Gasteiger partial charge in [-0.2, -0.15) is 0 Å². The Kier molecular flexibility index (Phi) is 5.76. The van der Waals surface area contributed by atoms with Crippen molar-refractivity contribution in [3.63, 3.8) is 0 Å². The van der Waals surface area contributed by atoms with Crippen molar-refractivity contribution in [3.05, 3.63) is 96.4 Å². The van der Waals surface area contributed by atoms with E-state index in [1.165, 1.54) is 22.3 Å². The fraction of sp³-hybridized carbons (Fsp3) is 0.214. The SMILES string of the molecule is CC(C)c1cccnc1-c1ccc(-c2cnc(C(C)C)c(-c3ccccc3)c2)cc1. The highest BCUT2D eigenvalue weighted by atomic mass is 14.7. The van der Waals surface area contributed by atoms with Crippen LogP contribution in [0.5, 0.6) is 0 Å². The second kappa shape index (κ2) is 8.62. The molecule has 2 nitrogen and oxygen atoms in total. The van der Waals surface area contributed by atoms with Crippen LogP contribution >= 0.6 is 0 Å². The zero-order chi connectivity index (χ0) is 21.1. The molecule has 0 fully saturated rings. The summed E-state index contributed by atoms with van der Waals surface area (Å²) in [6, 6.07) is 25.7. The molecule has 2 aromatic heterocycles. The first kappa shape index (κ1) is 20.0. The summed E-state index contributed by atoms with van der Waals surface area (Å²) < 4.78 is 0. The van der Waals surface area contributed by atoms with Gasteiger partial charge in [-0.1, -0.05) is 88.4 Å². The lowest BCUT2D eigenvalue weighted by Gasteiger charge is -2.15. The molecule has 2 heteroatoms. The van der Waals surface area contributed by atoms with Crippen molar-refractivity contribution >= 4 is 0 Å². The van der Waals surface area contributed by atoms with Gasteiger partial charge in [0.15, 0.2) is 0 Å². The quantitative estimate of drug-likeness (QED) is 0.347. The molecule has 0 saturated carbocycles. The maximum atomic E-state index is 4.84. The number of benzene rings is 2. The summed E-state index contributed by atoms with van der Waals surface area (Å²) in [5.41, 5.74) is 9.35. The van der Waals surface area contributed by atoms with E-state index in [-0.39, 0.29) is 0 Å². The average Bonchev–Trinajstić information content (AvgIpc) is 2.79. The molecule has 0 atom stereocenters. The Morgan fingerprint density at radius 2 is 1.30 bits per heavy atom. The maximum absolute atomic E-state index is 4.84. The first-order valence-corrected chi connectivity index (χ1v) is 10.7. The molecule has 0 bridgehead atoms. The van der Waals surface area contributed by atoms with Crippen LogP contribution in [-0.4, -0.2) is 9.97 Å². The highest BCUT2D eigenvalue weighted by molar-refractivity contribution is 5.76. The first-order valence-electron chi connectivity index (χ1n) is 10.7. The second-order valence-corrected chi connectivity index (χ2v) is 8.35. The zero-order valence-corrected chi connectivity index (χ0v) is 18.1. The van der Waals surface area contributed by atoms with Crippen molar-refractivity contribution in [2.45, 2.75) is 39.5 Å². The van der Waals surface area contributed by atoms with E-state index in [1.54, 1.807) is 0 Å². The largest absolute Gasteiger partial charge is 0.260 e. The normalized spacial score (nSPS) is 11.3. The van der Waals surface area contributed by atoms with Gasteiger partial charge < -0.3 is 0 Å². The Hall–Kier alpha value is -3.26. The maximum Gasteiger partial charge on any atom is 0.0736 e. The average molecular weight is 393 g/mol. The Morgan fingerprint density at radius 3 is 1.97 bits per heavy atom. The smallest absolute Gasteiger partial charge is 0.0736 e. The zero-order valence-electron chi connectivity index (χ0n) is 18.1. The van der Waals surface area contributed by atoms with Crippen LogP contribution in [0.4, 0.5) is 0 Å². The van der Waals surface area contributed by atoms with Crippen LogP contribution in [0.1, 0.15) is 50.8 Å². The van der Waals surface area contributed by atoms with Gasteiger partial charge in [0.05, 0.1) is 11.4 Å². The summed E-state index contributed by atoms with van der Waals surface area (Å²) in [7, 11) is 0. The van der Waals surface area contributed by atoms with E-state index in [0.717, 1.165) is 22.5 Å². The minimum Gasteiger partial charge on any atom is -0.260 e. The molecule has 150 valence electrons. The summed E-state index contributed by atoms with van der Waals surface area (Å²) in [4.78, 5) is 9.48. The number of rotatable bonds is 5. The van der Waals surface area contributed by atoms with Gasteiger partial charge in [-0.05, 0) is 40.7 Å².